The average molecular weight is 837 g/mol. The number of carbonyl (C=O) groups is 2. The van der Waals surface area contributed by atoms with Gasteiger partial charge in [-0.05, 0) is 23.7 Å². The average Bonchev–Trinajstić information content (AvgIpc) is 2.70. The Hall–Kier alpha value is -0.530. The summed E-state index contributed by atoms with van der Waals surface area (Å²) in [4.78, 5) is 20.9. The zero-order chi connectivity index (χ0) is 23.8. The zero-order valence-corrected chi connectivity index (χ0v) is 23.0. The van der Waals surface area contributed by atoms with Gasteiger partial charge in [0.15, 0.2) is 17.5 Å². The van der Waals surface area contributed by atoms with Crippen molar-refractivity contribution in [3.8, 4) is 12.1 Å². The topological polar surface area (TPSA) is 81.7 Å². The predicted molar refractivity (Wildman–Crippen MR) is 131 cm³/mol. The minimum atomic E-state index is -2.27. The third-order valence-electron chi connectivity index (χ3n) is 2.96. The summed E-state index contributed by atoms with van der Waals surface area (Å²) in [6.07, 6.45) is 0. The van der Waals surface area contributed by atoms with E-state index in [1.54, 1.807) is 6.07 Å². The summed E-state index contributed by atoms with van der Waals surface area (Å²) >= 11 is 20.4. The molecule has 0 aliphatic heterocycles. The molecule has 0 heterocycles. The van der Waals surface area contributed by atoms with E-state index < -0.39 is 50.7 Å². The largest absolute Gasteiger partial charge is 0.335 e. The zero-order valence-electron chi connectivity index (χ0n) is 14.1. The number of hydrogen-bond acceptors (Lipinski definition) is 4. The second-order valence-corrected chi connectivity index (χ2v) is 5.69. The molecular formula is C16H3Cl3F5I3N2O2. The summed E-state index contributed by atoms with van der Waals surface area (Å²) < 4.78 is 63.1. The Kier molecular flexibility index (Phi) is 16.1. The van der Waals surface area contributed by atoms with Gasteiger partial charge in [-0.25, -0.2) is 17.6 Å². The Morgan fingerprint density at radius 2 is 1.29 bits per heavy atom. The van der Waals surface area contributed by atoms with Crippen molar-refractivity contribution in [3.63, 3.8) is 0 Å². The van der Waals surface area contributed by atoms with Gasteiger partial charge in [-0.1, -0.05) is 23.2 Å². The van der Waals surface area contributed by atoms with Crippen LogP contribution < -0.4 is 0 Å². The van der Waals surface area contributed by atoms with Crippen LogP contribution in [0.15, 0.2) is 12.1 Å². The highest BCUT2D eigenvalue weighted by atomic mass is 128. The summed E-state index contributed by atoms with van der Waals surface area (Å²) in [7, 11) is 0. The normalized spacial score (nSPS) is 8.90. The predicted octanol–water partition coefficient (Wildman–Crippen LogP) is 7.86. The fourth-order valence-electron chi connectivity index (χ4n) is 1.69. The quantitative estimate of drug-likeness (QED) is 0.134. The number of nitriles is 2. The maximum Gasteiger partial charge on any atom is 0.335 e. The first-order chi connectivity index (χ1) is 14.0. The molecule has 0 radical (unpaired) electrons. The fraction of sp³-hybridized carbons (Fsp3) is 0. The molecule has 0 aliphatic rings. The van der Waals surface area contributed by atoms with Gasteiger partial charge in [-0.3, -0.25) is 9.59 Å². The summed E-state index contributed by atoms with van der Waals surface area (Å²) in [6, 6.07) is 1.17. The van der Waals surface area contributed by atoms with E-state index in [1.165, 1.54) is 0 Å². The summed E-state index contributed by atoms with van der Waals surface area (Å²) in [5.74, 6) is -5.99. The van der Waals surface area contributed by atoms with E-state index in [4.69, 9.17) is 45.3 Å². The highest BCUT2D eigenvalue weighted by Crippen LogP contribution is 2.31. The van der Waals surface area contributed by atoms with Crippen molar-refractivity contribution in [1.82, 2.24) is 0 Å². The van der Waals surface area contributed by atoms with Gasteiger partial charge >= 0.3 is 6.04 Å². The summed E-state index contributed by atoms with van der Waals surface area (Å²) in [6.45, 7) is 0. The Morgan fingerprint density at radius 1 is 0.839 bits per heavy atom. The molecule has 0 atom stereocenters. The highest BCUT2D eigenvalue weighted by Gasteiger charge is 2.22. The number of halogens is 11. The van der Waals surface area contributed by atoms with Crippen molar-refractivity contribution in [3.05, 3.63) is 67.7 Å². The summed E-state index contributed by atoms with van der Waals surface area (Å²) in [5, 5.41) is 15.2. The van der Waals surface area contributed by atoms with Crippen LogP contribution in [0, 0.1) is 45.9 Å². The van der Waals surface area contributed by atoms with E-state index in [0.717, 1.165) is 12.1 Å². The van der Waals surface area contributed by atoms with Gasteiger partial charge in [0.2, 0.25) is 0 Å². The van der Waals surface area contributed by atoms with Gasteiger partial charge in [-0.15, -0.1) is 24.0 Å². The lowest BCUT2D eigenvalue weighted by Gasteiger charge is -2.03. The van der Waals surface area contributed by atoms with Gasteiger partial charge in [0.05, 0.1) is 26.7 Å². The molecule has 0 fully saturated rings. The number of carbonyl (C=O) groups excluding carboxylic acids is 2. The Labute approximate surface area is 227 Å². The summed E-state index contributed by atoms with van der Waals surface area (Å²) in [5.41, 5.74) is -3.17. The number of rotatable bonds is 2. The van der Waals surface area contributed by atoms with Gasteiger partial charge in [0, 0.05) is 37.2 Å². The molecular weight excluding hydrogens is 834 g/mol. The SMILES string of the molecule is I.II.N#Cc1c(Cl)c(F)cc(C(=O)Cl)c1Cl.N#Cc1c(F)c(F)cc(C(=O)F)c1F. The van der Waals surface area contributed by atoms with Crippen LogP contribution in [0.5, 0.6) is 0 Å². The molecule has 0 spiro atoms. The first kappa shape index (κ1) is 32.6. The van der Waals surface area contributed by atoms with Crippen LogP contribution in [0.2, 0.25) is 10.0 Å². The van der Waals surface area contributed by atoms with E-state index in [9.17, 15) is 31.5 Å². The molecule has 15 heteroatoms. The lowest BCUT2D eigenvalue weighted by atomic mass is 10.1. The second-order valence-electron chi connectivity index (χ2n) is 4.59. The fourth-order valence-corrected chi connectivity index (χ4v) is 2.40. The molecule has 0 saturated heterocycles. The molecule has 0 amide bonds. The highest BCUT2D eigenvalue weighted by molar-refractivity contribution is 15.0. The van der Waals surface area contributed by atoms with Gasteiger partial charge in [0.25, 0.3) is 5.24 Å². The number of nitrogens with zero attached hydrogens (tertiary/aromatic N) is 2. The molecule has 4 nitrogen and oxygen atoms in total. The Morgan fingerprint density at radius 3 is 1.68 bits per heavy atom. The van der Waals surface area contributed by atoms with E-state index in [-0.39, 0.29) is 46.2 Å². The molecule has 166 valence electrons. The van der Waals surface area contributed by atoms with Gasteiger partial charge in [0.1, 0.15) is 23.5 Å². The van der Waals surface area contributed by atoms with E-state index in [0.29, 0.717) is 0 Å². The van der Waals surface area contributed by atoms with Crippen molar-refractivity contribution >= 4 is 107 Å². The van der Waals surface area contributed by atoms with Crippen molar-refractivity contribution in [2.45, 2.75) is 0 Å². The molecule has 0 aromatic heterocycles. The van der Waals surface area contributed by atoms with Crippen LogP contribution in [-0.4, -0.2) is 11.3 Å². The molecule has 2 aromatic rings. The van der Waals surface area contributed by atoms with E-state index in [1.807, 2.05) is 0 Å². The Bertz CT molecular complexity index is 1010. The van der Waals surface area contributed by atoms with Crippen LogP contribution in [0.1, 0.15) is 31.8 Å². The smallest absolute Gasteiger partial charge is 0.276 e. The maximum absolute atomic E-state index is 13.0. The van der Waals surface area contributed by atoms with Crippen molar-refractivity contribution in [2.75, 3.05) is 0 Å². The third-order valence-corrected chi connectivity index (χ3v) is 3.93. The monoisotopic (exact) mass is 836 g/mol. The molecule has 0 unspecified atom stereocenters. The lowest BCUT2D eigenvalue weighted by Crippen LogP contribution is -2.04. The van der Waals surface area contributed by atoms with Crippen LogP contribution in [0.4, 0.5) is 22.0 Å². The van der Waals surface area contributed by atoms with Crippen molar-refractivity contribution < 1.29 is 31.5 Å². The molecule has 2 rings (SSSR count). The Balaban J connectivity index is 0. The first-order valence-electron chi connectivity index (χ1n) is 6.66. The van der Waals surface area contributed by atoms with Gasteiger partial charge in [-0.2, -0.15) is 14.9 Å². The number of benzene rings is 2. The minimum Gasteiger partial charge on any atom is -0.276 e. The maximum atomic E-state index is 13.0. The van der Waals surface area contributed by atoms with Crippen molar-refractivity contribution in [2.24, 2.45) is 0 Å². The van der Waals surface area contributed by atoms with Gasteiger partial charge < -0.3 is 0 Å². The molecule has 0 bridgehead atoms. The minimum absolute atomic E-state index is 0. The van der Waals surface area contributed by atoms with E-state index in [2.05, 4.69) is 37.2 Å². The van der Waals surface area contributed by atoms with E-state index >= 15 is 0 Å². The second kappa shape index (κ2) is 15.3. The number of hydrogen-bond donors (Lipinski definition) is 0. The molecule has 0 N–H and O–H groups in total. The molecule has 0 aliphatic carbocycles. The van der Waals surface area contributed by atoms with Crippen LogP contribution in [-0.2, 0) is 0 Å². The standard InChI is InChI=1S/C8HCl3FNO.C8HF4NO.I2.HI/c9-6-3(8(11)14)1-5(12)7(10)4(6)2-13;9-5-1-3(8(12)14)6(10)4(2-13)7(5)11;1-2;/h2*1H;;1H. The van der Waals surface area contributed by atoms with Crippen LogP contribution in [0.25, 0.3) is 0 Å². The lowest BCUT2D eigenvalue weighted by molar-refractivity contribution is 0.0830. The molecule has 2 aromatic carbocycles. The molecule has 0 saturated carbocycles. The van der Waals surface area contributed by atoms with Crippen LogP contribution in [0.3, 0.4) is 0 Å². The first-order valence-corrected chi connectivity index (χ1v) is 14.1. The third kappa shape index (κ3) is 8.39. The van der Waals surface area contributed by atoms with Crippen LogP contribution >= 0.6 is 96.0 Å². The van der Waals surface area contributed by atoms with Crippen molar-refractivity contribution in [1.29, 1.82) is 10.5 Å². The molecule has 31 heavy (non-hydrogen) atoms.